The average Bonchev–Trinajstić information content (AvgIpc) is 3.05. The van der Waals surface area contributed by atoms with Crippen LogP contribution in [0, 0.1) is 12.8 Å². The first-order valence-corrected chi connectivity index (χ1v) is 9.29. The molecule has 0 aliphatic carbocycles. The van der Waals surface area contributed by atoms with Gasteiger partial charge in [-0.05, 0) is 31.4 Å². The minimum Gasteiger partial charge on any atom is -0.468 e. The zero-order chi connectivity index (χ0) is 18.7. The number of para-hydroxylation sites is 1. The number of aryl methyl sites for hydroxylation is 1. The monoisotopic (exact) mass is 372 g/mol. The van der Waals surface area contributed by atoms with Gasteiger partial charge in [0.15, 0.2) is 11.7 Å². The van der Waals surface area contributed by atoms with Crippen molar-refractivity contribution in [1.82, 2.24) is 4.98 Å². The summed E-state index contributed by atoms with van der Waals surface area (Å²) in [5.41, 5.74) is 2.64. The quantitative estimate of drug-likeness (QED) is 0.622. The number of nitrogens with zero attached hydrogens (tertiary/aromatic N) is 1. The van der Waals surface area contributed by atoms with E-state index in [-0.39, 0.29) is 24.0 Å². The lowest BCUT2D eigenvalue weighted by Gasteiger charge is -2.24. The molecule has 0 spiro atoms. The molecule has 2 aromatic rings. The fourth-order valence-electron chi connectivity index (χ4n) is 3.10. The molecule has 6 nitrogen and oxygen atoms in total. The number of benzene rings is 1. The number of carbonyl (C=O) groups is 3. The Kier molecular flexibility index (Phi) is 5.46. The van der Waals surface area contributed by atoms with Crippen LogP contribution in [-0.2, 0) is 25.5 Å². The maximum Gasteiger partial charge on any atom is 0.323 e. The van der Waals surface area contributed by atoms with Crippen molar-refractivity contribution >= 4 is 34.7 Å². The number of ketones is 1. The summed E-state index contributed by atoms with van der Waals surface area (Å²) >= 11 is 1.27. The second-order valence-corrected chi connectivity index (χ2v) is 7.23. The molecular weight excluding hydrogens is 352 g/mol. The first-order chi connectivity index (χ1) is 12.5. The van der Waals surface area contributed by atoms with Gasteiger partial charge in [0.05, 0.1) is 7.11 Å². The summed E-state index contributed by atoms with van der Waals surface area (Å²) in [6, 6.07) is 7.64. The summed E-state index contributed by atoms with van der Waals surface area (Å²) in [7, 11) is 1.26. The summed E-state index contributed by atoms with van der Waals surface area (Å²) in [6.07, 6.45) is 1.10. The van der Waals surface area contributed by atoms with Crippen LogP contribution in [0.4, 0.5) is 5.69 Å². The highest BCUT2D eigenvalue weighted by molar-refractivity contribution is 7.10. The van der Waals surface area contributed by atoms with Crippen LogP contribution in [0.2, 0.25) is 0 Å². The van der Waals surface area contributed by atoms with Gasteiger partial charge in [0.1, 0.15) is 5.01 Å². The largest absolute Gasteiger partial charge is 0.468 e. The van der Waals surface area contributed by atoms with Crippen molar-refractivity contribution in [2.45, 2.75) is 32.1 Å². The van der Waals surface area contributed by atoms with E-state index in [9.17, 15) is 14.4 Å². The third-order valence-corrected chi connectivity index (χ3v) is 5.52. The van der Waals surface area contributed by atoms with E-state index in [1.165, 1.54) is 18.4 Å². The number of aromatic nitrogens is 1. The Balaban J connectivity index is 1.69. The summed E-state index contributed by atoms with van der Waals surface area (Å²) in [5.74, 6) is -2.26. The topological polar surface area (TPSA) is 85.4 Å². The lowest BCUT2D eigenvalue weighted by Crippen LogP contribution is -2.31. The highest BCUT2D eigenvalue weighted by atomic mass is 32.1. The molecule has 26 heavy (non-hydrogen) atoms. The summed E-state index contributed by atoms with van der Waals surface area (Å²) in [5, 5.41) is 5.12. The van der Waals surface area contributed by atoms with Gasteiger partial charge in [-0.2, -0.15) is 0 Å². The second kappa shape index (κ2) is 7.78. The SMILES string of the molecule is COC(=O)[C@H](C(=O)CC[C@H]1Cc2ccccc2NC1=O)c1nc(C)cs1. The van der Waals surface area contributed by atoms with Gasteiger partial charge in [0.2, 0.25) is 5.91 Å². The summed E-state index contributed by atoms with van der Waals surface area (Å²) in [4.78, 5) is 41.3. The molecule has 136 valence electrons. The Hall–Kier alpha value is -2.54. The first kappa shape index (κ1) is 18.3. The maximum atomic E-state index is 12.7. The van der Waals surface area contributed by atoms with E-state index in [0.29, 0.717) is 17.8 Å². The van der Waals surface area contributed by atoms with Crippen molar-refractivity contribution in [3.8, 4) is 0 Å². The van der Waals surface area contributed by atoms with Gasteiger partial charge in [0, 0.05) is 29.1 Å². The van der Waals surface area contributed by atoms with E-state index in [1.54, 1.807) is 5.38 Å². The molecule has 1 amide bonds. The Bertz CT molecular complexity index is 846. The van der Waals surface area contributed by atoms with Crippen molar-refractivity contribution in [3.63, 3.8) is 0 Å². The molecule has 1 aromatic heterocycles. The molecule has 1 aliphatic rings. The van der Waals surface area contributed by atoms with Crippen molar-refractivity contribution in [1.29, 1.82) is 0 Å². The lowest BCUT2D eigenvalue weighted by atomic mass is 9.87. The van der Waals surface area contributed by atoms with Crippen LogP contribution in [-0.4, -0.2) is 29.8 Å². The van der Waals surface area contributed by atoms with Gasteiger partial charge in [0.25, 0.3) is 0 Å². The van der Waals surface area contributed by atoms with Crippen LogP contribution in [0.5, 0.6) is 0 Å². The molecule has 1 aromatic carbocycles. The number of rotatable bonds is 6. The molecule has 2 heterocycles. The number of nitrogens with one attached hydrogen (secondary N) is 1. The van der Waals surface area contributed by atoms with Gasteiger partial charge < -0.3 is 10.1 Å². The van der Waals surface area contributed by atoms with E-state index >= 15 is 0 Å². The van der Waals surface area contributed by atoms with Crippen molar-refractivity contribution in [2.75, 3.05) is 12.4 Å². The summed E-state index contributed by atoms with van der Waals surface area (Å²) in [6.45, 7) is 1.81. The Labute approximate surface area is 155 Å². The normalized spacial score (nSPS) is 17.2. The number of fused-ring (bicyclic) bond motifs is 1. The van der Waals surface area contributed by atoms with Gasteiger partial charge >= 0.3 is 5.97 Å². The number of thiazole rings is 1. The van der Waals surface area contributed by atoms with Crippen LogP contribution in [0.15, 0.2) is 29.6 Å². The fraction of sp³-hybridized carbons (Fsp3) is 0.368. The third kappa shape index (κ3) is 3.83. The Morgan fingerprint density at radius 2 is 2.15 bits per heavy atom. The van der Waals surface area contributed by atoms with E-state index in [4.69, 9.17) is 4.74 Å². The number of hydrogen-bond donors (Lipinski definition) is 1. The number of ether oxygens (including phenoxy) is 1. The number of anilines is 1. The van der Waals surface area contributed by atoms with Crippen LogP contribution in [0.1, 0.15) is 35.0 Å². The molecule has 0 unspecified atom stereocenters. The predicted molar refractivity (Wildman–Crippen MR) is 98.1 cm³/mol. The standard InChI is InChI=1S/C19H20N2O4S/c1-11-10-26-18(20-11)16(19(24)25-2)15(22)8-7-13-9-12-5-3-4-6-14(12)21-17(13)23/h3-6,10,13,16H,7-9H2,1-2H3,(H,21,23)/t13-,16+/m0/s1. The van der Waals surface area contributed by atoms with Gasteiger partial charge in [-0.3, -0.25) is 14.4 Å². The van der Waals surface area contributed by atoms with E-state index < -0.39 is 11.9 Å². The van der Waals surface area contributed by atoms with Gasteiger partial charge in [-0.1, -0.05) is 18.2 Å². The minimum atomic E-state index is -1.02. The molecule has 2 atom stereocenters. The number of hydrogen-bond acceptors (Lipinski definition) is 6. The number of esters is 1. The summed E-state index contributed by atoms with van der Waals surface area (Å²) < 4.78 is 4.78. The zero-order valence-corrected chi connectivity index (χ0v) is 15.5. The van der Waals surface area contributed by atoms with E-state index in [2.05, 4.69) is 10.3 Å². The Morgan fingerprint density at radius 3 is 2.85 bits per heavy atom. The molecule has 3 rings (SSSR count). The van der Waals surface area contributed by atoms with Crippen LogP contribution >= 0.6 is 11.3 Å². The minimum absolute atomic E-state index is 0.0868. The molecule has 7 heteroatoms. The maximum absolute atomic E-state index is 12.7. The number of amides is 1. The molecule has 0 bridgehead atoms. The second-order valence-electron chi connectivity index (χ2n) is 6.34. The van der Waals surface area contributed by atoms with Gasteiger partial charge in [-0.25, -0.2) is 4.98 Å². The molecule has 0 radical (unpaired) electrons. The van der Waals surface area contributed by atoms with Crippen molar-refractivity contribution < 1.29 is 19.1 Å². The third-order valence-electron chi connectivity index (χ3n) is 4.49. The smallest absolute Gasteiger partial charge is 0.323 e. The average molecular weight is 372 g/mol. The van der Waals surface area contributed by atoms with Crippen LogP contribution in [0.25, 0.3) is 0 Å². The van der Waals surface area contributed by atoms with Crippen LogP contribution < -0.4 is 5.32 Å². The van der Waals surface area contributed by atoms with Gasteiger partial charge in [-0.15, -0.1) is 11.3 Å². The van der Waals surface area contributed by atoms with E-state index in [1.807, 2.05) is 31.2 Å². The molecule has 0 saturated heterocycles. The predicted octanol–water partition coefficient (Wildman–Crippen LogP) is 2.87. The fourth-order valence-corrected chi connectivity index (χ4v) is 4.00. The van der Waals surface area contributed by atoms with Crippen LogP contribution in [0.3, 0.4) is 0 Å². The zero-order valence-electron chi connectivity index (χ0n) is 14.7. The number of Topliss-reactive ketones (excluding diaryl/α,β-unsaturated/α-hetero) is 1. The molecule has 1 aliphatic heterocycles. The number of carbonyl (C=O) groups excluding carboxylic acids is 3. The van der Waals surface area contributed by atoms with E-state index in [0.717, 1.165) is 16.9 Å². The van der Waals surface area contributed by atoms with Crippen molar-refractivity contribution in [3.05, 3.63) is 45.9 Å². The van der Waals surface area contributed by atoms with Crippen molar-refractivity contribution in [2.24, 2.45) is 5.92 Å². The Morgan fingerprint density at radius 1 is 1.38 bits per heavy atom. The highest BCUT2D eigenvalue weighted by Crippen LogP contribution is 2.29. The molecule has 0 saturated carbocycles. The molecule has 1 N–H and O–H groups in total. The molecular formula is C19H20N2O4S. The lowest BCUT2D eigenvalue weighted by molar-refractivity contribution is -0.145. The molecule has 0 fully saturated rings. The first-order valence-electron chi connectivity index (χ1n) is 8.41. The number of methoxy groups -OCH3 is 1. The highest BCUT2D eigenvalue weighted by Gasteiger charge is 2.33.